The van der Waals surface area contributed by atoms with Crippen molar-refractivity contribution in [1.82, 2.24) is 9.88 Å². The van der Waals surface area contributed by atoms with E-state index in [-0.39, 0.29) is 5.54 Å². The van der Waals surface area contributed by atoms with E-state index in [0.29, 0.717) is 5.92 Å². The number of hydrogen-bond acceptors (Lipinski definition) is 4. The van der Waals surface area contributed by atoms with E-state index in [2.05, 4.69) is 40.3 Å². The Bertz CT molecular complexity index is 752. The molecular formula is C19H24ClN3O. The molecule has 0 aliphatic carbocycles. The van der Waals surface area contributed by atoms with Crippen molar-refractivity contribution in [1.29, 1.82) is 0 Å². The minimum absolute atomic E-state index is 0.255. The number of anilines is 1. The van der Waals surface area contributed by atoms with Crippen molar-refractivity contribution in [2.45, 2.75) is 31.2 Å². The van der Waals surface area contributed by atoms with Gasteiger partial charge < -0.3 is 10.1 Å². The van der Waals surface area contributed by atoms with Gasteiger partial charge in [0.05, 0.1) is 18.8 Å². The fourth-order valence-electron chi connectivity index (χ4n) is 3.94. The van der Waals surface area contributed by atoms with Crippen LogP contribution in [-0.2, 0) is 4.74 Å². The molecule has 4 rings (SSSR count). The fourth-order valence-corrected chi connectivity index (χ4v) is 4.27. The summed E-state index contributed by atoms with van der Waals surface area (Å²) in [5, 5.41) is 6.28. The third-order valence-corrected chi connectivity index (χ3v) is 5.94. The number of ether oxygens (including phenoxy) is 1. The SMILES string of the molecule is CNc1cc2cc(C3CCN(C4(C)COC4)CC3)c(Cl)cc2cn1. The third kappa shape index (κ3) is 2.77. The average Bonchev–Trinajstić information content (AvgIpc) is 2.59. The predicted molar refractivity (Wildman–Crippen MR) is 99.1 cm³/mol. The highest BCUT2D eigenvalue weighted by Gasteiger charge is 2.41. The summed E-state index contributed by atoms with van der Waals surface area (Å²) in [7, 11) is 1.89. The van der Waals surface area contributed by atoms with Crippen molar-refractivity contribution in [3.63, 3.8) is 0 Å². The largest absolute Gasteiger partial charge is 0.377 e. The van der Waals surface area contributed by atoms with Crippen molar-refractivity contribution >= 4 is 28.2 Å². The van der Waals surface area contributed by atoms with Crippen LogP contribution in [0.2, 0.25) is 5.02 Å². The van der Waals surface area contributed by atoms with Gasteiger partial charge in [-0.25, -0.2) is 4.98 Å². The number of hydrogen-bond donors (Lipinski definition) is 1. The third-order valence-electron chi connectivity index (χ3n) is 5.62. The second-order valence-electron chi connectivity index (χ2n) is 7.29. The maximum absolute atomic E-state index is 6.60. The molecule has 0 unspecified atom stereocenters. The molecule has 2 fully saturated rings. The molecule has 0 bridgehead atoms. The molecule has 0 radical (unpaired) electrons. The summed E-state index contributed by atoms with van der Waals surface area (Å²) in [4.78, 5) is 6.96. The van der Waals surface area contributed by atoms with Crippen LogP contribution >= 0.6 is 11.6 Å². The molecule has 2 saturated heterocycles. The van der Waals surface area contributed by atoms with Crippen molar-refractivity contribution in [3.05, 3.63) is 35.0 Å². The lowest BCUT2D eigenvalue weighted by Gasteiger charge is -2.50. The van der Waals surface area contributed by atoms with Crippen LogP contribution in [0, 0.1) is 0 Å². The van der Waals surface area contributed by atoms with Crippen LogP contribution in [0.1, 0.15) is 31.2 Å². The van der Waals surface area contributed by atoms with Crippen LogP contribution in [0.5, 0.6) is 0 Å². The first kappa shape index (κ1) is 16.1. The molecule has 0 amide bonds. The summed E-state index contributed by atoms with van der Waals surface area (Å²) in [6.45, 7) is 6.29. The van der Waals surface area contributed by atoms with E-state index in [1.807, 2.05) is 13.2 Å². The summed E-state index contributed by atoms with van der Waals surface area (Å²) in [6.07, 6.45) is 4.20. The number of benzene rings is 1. The standard InChI is InChI=1S/C19H24ClN3O/c1-19(11-24-12-19)23-5-3-13(4-6-23)16-7-14-9-18(21-2)22-10-15(14)8-17(16)20/h7-10,13H,3-6,11-12H2,1-2H3,(H,21,22). The summed E-state index contributed by atoms with van der Waals surface area (Å²) in [6, 6.07) is 6.41. The van der Waals surface area contributed by atoms with Gasteiger partial charge in [-0.1, -0.05) is 11.6 Å². The Morgan fingerprint density at radius 3 is 2.58 bits per heavy atom. The smallest absolute Gasteiger partial charge is 0.126 e. The molecule has 0 saturated carbocycles. The maximum Gasteiger partial charge on any atom is 0.126 e. The maximum atomic E-state index is 6.60. The van der Waals surface area contributed by atoms with E-state index in [1.165, 1.54) is 10.9 Å². The molecule has 2 aromatic rings. The van der Waals surface area contributed by atoms with Crippen molar-refractivity contribution < 1.29 is 4.74 Å². The Morgan fingerprint density at radius 1 is 1.21 bits per heavy atom. The molecule has 24 heavy (non-hydrogen) atoms. The van der Waals surface area contributed by atoms with E-state index in [1.54, 1.807) is 0 Å². The first-order chi connectivity index (χ1) is 11.6. The summed E-state index contributed by atoms with van der Waals surface area (Å²) in [5.74, 6) is 1.43. The lowest BCUT2D eigenvalue weighted by molar-refractivity contribution is -0.136. The van der Waals surface area contributed by atoms with E-state index < -0.39 is 0 Å². The highest BCUT2D eigenvalue weighted by atomic mass is 35.5. The van der Waals surface area contributed by atoms with Crippen LogP contribution in [0.25, 0.3) is 10.8 Å². The Morgan fingerprint density at radius 2 is 1.96 bits per heavy atom. The van der Waals surface area contributed by atoms with Crippen molar-refractivity contribution in [2.75, 3.05) is 38.7 Å². The van der Waals surface area contributed by atoms with Crippen LogP contribution in [0.15, 0.2) is 24.4 Å². The molecule has 0 spiro atoms. The van der Waals surface area contributed by atoms with Gasteiger partial charge in [0.2, 0.25) is 0 Å². The predicted octanol–water partition coefficient (Wildman–Crippen LogP) is 3.90. The zero-order valence-electron chi connectivity index (χ0n) is 14.3. The van der Waals surface area contributed by atoms with Crippen LogP contribution < -0.4 is 5.32 Å². The van der Waals surface area contributed by atoms with Gasteiger partial charge in [-0.05, 0) is 67.9 Å². The van der Waals surface area contributed by atoms with E-state index in [4.69, 9.17) is 16.3 Å². The highest BCUT2D eigenvalue weighted by molar-refractivity contribution is 6.32. The zero-order valence-corrected chi connectivity index (χ0v) is 15.1. The summed E-state index contributed by atoms with van der Waals surface area (Å²) in [5.41, 5.74) is 1.54. The molecule has 0 atom stereocenters. The van der Waals surface area contributed by atoms with E-state index in [9.17, 15) is 0 Å². The van der Waals surface area contributed by atoms with Crippen molar-refractivity contribution in [3.8, 4) is 0 Å². The second-order valence-corrected chi connectivity index (χ2v) is 7.70. The van der Waals surface area contributed by atoms with Crippen LogP contribution in [-0.4, -0.2) is 48.8 Å². The number of likely N-dealkylation sites (tertiary alicyclic amines) is 1. The number of pyridine rings is 1. The molecule has 128 valence electrons. The monoisotopic (exact) mass is 345 g/mol. The number of halogens is 1. The molecule has 5 heteroatoms. The van der Waals surface area contributed by atoms with Gasteiger partial charge in [0.15, 0.2) is 0 Å². The molecule has 2 aliphatic rings. The quantitative estimate of drug-likeness (QED) is 0.915. The highest BCUT2D eigenvalue weighted by Crippen LogP contribution is 2.38. The lowest BCUT2D eigenvalue weighted by Crippen LogP contribution is -2.61. The lowest BCUT2D eigenvalue weighted by atomic mass is 9.85. The molecule has 1 aromatic carbocycles. The summed E-state index contributed by atoms with van der Waals surface area (Å²) >= 11 is 6.60. The molecule has 3 heterocycles. The summed E-state index contributed by atoms with van der Waals surface area (Å²) < 4.78 is 5.42. The van der Waals surface area contributed by atoms with Gasteiger partial charge in [0.25, 0.3) is 0 Å². The van der Waals surface area contributed by atoms with Gasteiger partial charge in [-0.3, -0.25) is 4.90 Å². The number of piperidine rings is 1. The molecule has 4 nitrogen and oxygen atoms in total. The van der Waals surface area contributed by atoms with Gasteiger partial charge in [0.1, 0.15) is 5.82 Å². The Kier molecular flexibility index (Phi) is 4.15. The minimum Gasteiger partial charge on any atom is -0.377 e. The minimum atomic E-state index is 0.255. The average molecular weight is 346 g/mol. The molecular weight excluding hydrogens is 322 g/mol. The second kappa shape index (κ2) is 6.17. The van der Waals surface area contributed by atoms with Gasteiger partial charge in [-0.2, -0.15) is 0 Å². The Balaban J connectivity index is 1.56. The van der Waals surface area contributed by atoms with Crippen LogP contribution in [0.4, 0.5) is 5.82 Å². The number of aromatic nitrogens is 1. The van der Waals surface area contributed by atoms with E-state index in [0.717, 1.165) is 55.4 Å². The number of nitrogens with one attached hydrogen (secondary N) is 1. The molecule has 1 aromatic heterocycles. The van der Waals surface area contributed by atoms with Gasteiger partial charge in [0, 0.05) is 23.7 Å². The Hall–Kier alpha value is -1.36. The molecule has 2 aliphatic heterocycles. The number of rotatable bonds is 3. The topological polar surface area (TPSA) is 37.4 Å². The zero-order chi connectivity index (χ0) is 16.7. The fraction of sp³-hybridized carbons (Fsp3) is 0.526. The first-order valence-corrected chi connectivity index (χ1v) is 9.07. The van der Waals surface area contributed by atoms with Crippen LogP contribution in [0.3, 0.4) is 0 Å². The first-order valence-electron chi connectivity index (χ1n) is 8.69. The van der Waals surface area contributed by atoms with Crippen molar-refractivity contribution in [2.24, 2.45) is 0 Å². The normalized spacial score (nSPS) is 21.6. The number of fused-ring (bicyclic) bond motifs is 1. The van der Waals surface area contributed by atoms with Gasteiger partial charge >= 0.3 is 0 Å². The molecule has 1 N–H and O–H groups in total. The number of nitrogens with zero attached hydrogens (tertiary/aromatic N) is 2. The van der Waals surface area contributed by atoms with Gasteiger partial charge in [-0.15, -0.1) is 0 Å². The Labute approximate surface area is 148 Å². The van der Waals surface area contributed by atoms with E-state index >= 15 is 0 Å².